The Hall–Kier alpha value is -2.05. The normalized spacial score (nSPS) is 24.2. The van der Waals surface area contributed by atoms with Crippen LogP contribution in [0, 0.1) is 5.92 Å². The summed E-state index contributed by atoms with van der Waals surface area (Å²) in [7, 11) is 0. The molecule has 2 unspecified atom stereocenters. The highest BCUT2D eigenvalue weighted by molar-refractivity contribution is 6.31. The van der Waals surface area contributed by atoms with E-state index in [2.05, 4.69) is 20.5 Å². The SMILES string of the molecule is CC(C)(C)NC(=O)CN1C2CCC1CC(CNC(=O)c1c[nH]c3ccc(Cl)cc13)C2. The Morgan fingerprint density at radius 1 is 1.20 bits per heavy atom. The van der Waals surface area contributed by atoms with Crippen molar-refractivity contribution in [2.45, 2.75) is 64.1 Å². The number of nitrogens with zero attached hydrogens (tertiary/aromatic N) is 1. The Labute approximate surface area is 182 Å². The van der Waals surface area contributed by atoms with Crippen molar-refractivity contribution >= 4 is 34.3 Å². The molecule has 0 saturated carbocycles. The lowest BCUT2D eigenvalue weighted by atomic mass is 9.90. The molecule has 1 aromatic heterocycles. The number of piperidine rings is 1. The van der Waals surface area contributed by atoms with E-state index in [0.717, 1.165) is 36.6 Å². The zero-order valence-electron chi connectivity index (χ0n) is 17.9. The van der Waals surface area contributed by atoms with Crippen LogP contribution in [-0.2, 0) is 4.79 Å². The highest BCUT2D eigenvalue weighted by atomic mass is 35.5. The Kier molecular flexibility index (Phi) is 5.82. The van der Waals surface area contributed by atoms with Gasteiger partial charge in [0.1, 0.15) is 0 Å². The molecule has 30 heavy (non-hydrogen) atoms. The van der Waals surface area contributed by atoms with Crippen molar-refractivity contribution in [1.82, 2.24) is 20.5 Å². The molecule has 2 saturated heterocycles. The Balaban J connectivity index is 1.32. The van der Waals surface area contributed by atoms with Crippen molar-refractivity contribution in [2.75, 3.05) is 13.1 Å². The maximum Gasteiger partial charge on any atom is 0.253 e. The van der Waals surface area contributed by atoms with E-state index in [1.54, 1.807) is 6.20 Å². The first-order valence-corrected chi connectivity index (χ1v) is 11.2. The van der Waals surface area contributed by atoms with Gasteiger partial charge in [0.05, 0.1) is 12.1 Å². The Morgan fingerprint density at radius 2 is 1.90 bits per heavy atom. The summed E-state index contributed by atoms with van der Waals surface area (Å²) in [5.41, 5.74) is 1.34. The number of rotatable bonds is 5. The standard InChI is InChI=1S/C23H31ClN4O2/c1-23(2,3)27-21(29)13-28-16-5-6-17(28)9-14(8-16)11-26-22(30)19-12-25-20-7-4-15(24)10-18(19)20/h4,7,10,12,14,16-17,25H,5-6,8-9,11,13H2,1-3H3,(H,26,30)(H,27,29). The van der Waals surface area contributed by atoms with Gasteiger partial charge in [-0.25, -0.2) is 0 Å². The summed E-state index contributed by atoms with van der Waals surface area (Å²) in [5, 5.41) is 7.66. The summed E-state index contributed by atoms with van der Waals surface area (Å²) in [6.07, 6.45) is 6.08. The van der Waals surface area contributed by atoms with Crippen LogP contribution in [0.5, 0.6) is 0 Å². The third-order valence-corrected chi connectivity index (χ3v) is 6.50. The number of aromatic nitrogens is 1. The molecule has 3 heterocycles. The van der Waals surface area contributed by atoms with E-state index in [0.29, 0.717) is 41.7 Å². The van der Waals surface area contributed by atoms with Crippen LogP contribution in [-0.4, -0.2) is 52.4 Å². The summed E-state index contributed by atoms with van der Waals surface area (Å²) in [4.78, 5) is 30.7. The minimum atomic E-state index is -0.203. The van der Waals surface area contributed by atoms with E-state index in [-0.39, 0.29) is 17.4 Å². The third-order valence-electron chi connectivity index (χ3n) is 6.26. The number of benzene rings is 1. The summed E-state index contributed by atoms with van der Waals surface area (Å²) >= 11 is 6.10. The Bertz CT molecular complexity index is 934. The van der Waals surface area contributed by atoms with E-state index in [1.807, 2.05) is 39.0 Å². The number of nitrogens with one attached hydrogen (secondary N) is 3. The van der Waals surface area contributed by atoms with Crippen LogP contribution in [0.1, 0.15) is 56.8 Å². The lowest BCUT2D eigenvalue weighted by molar-refractivity contribution is -0.125. The molecule has 0 aliphatic carbocycles. The Morgan fingerprint density at radius 3 is 2.57 bits per heavy atom. The molecule has 3 N–H and O–H groups in total. The first kappa shape index (κ1) is 21.2. The molecule has 4 rings (SSSR count). The van der Waals surface area contributed by atoms with Crippen LogP contribution in [0.25, 0.3) is 10.9 Å². The van der Waals surface area contributed by atoms with Crippen molar-refractivity contribution in [3.8, 4) is 0 Å². The molecule has 0 spiro atoms. The zero-order valence-corrected chi connectivity index (χ0v) is 18.7. The van der Waals surface area contributed by atoms with Crippen molar-refractivity contribution in [3.05, 3.63) is 35.0 Å². The molecule has 2 aliphatic rings. The van der Waals surface area contributed by atoms with Crippen LogP contribution < -0.4 is 10.6 Å². The lowest BCUT2D eigenvalue weighted by Crippen LogP contribution is -2.52. The molecule has 6 nitrogen and oxygen atoms in total. The molecule has 162 valence electrons. The van der Waals surface area contributed by atoms with E-state index < -0.39 is 0 Å². The average Bonchev–Trinajstić information content (AvgIpc) is 3.15. The lowest BCUT2D eigenvalue weighted by Gasteiger charge is -2.39. The molecule has 1 aromatic carbocycles. The van der Waals surface area contributed by atoms with E-state index in [9.17, 15) is 9.59 Å². The molecule has 2 aliphatic heterocycles. The maximum absolute atomic E-state index is 12.8. The number of amides is 2. The fourth-order valence-electron chi connectivity index (χ4n) is 5.05. The van der Waals surface area contributed by atoms with Crippen molar-refractivity contribution in [2.24, 2.45) is 5.92 Å². The predicted molar refractivity (Wildman–Crippen MR) is 120 cm³/mol. The van der Waals surface area contributed by atoms with Gasteiger partial charge < -0.3 is 15.6 Å². The predicted octanol–water partition coefficient (Wildman–Crippen LogP) is 3.71. The number of H-pyrrole nitrogens is 1. The molecular weight excluding hydrogens is 400 g/mol. The van der Waals surface area contributed by atoms with Crippen molar-refractivity contribution in [3.63, 3.8) is 0 Å². The number of aromatic amines is 1. The van der Waals surface area contributed by atoms with Gasteiger partial charge in [0.15, 0.2) is 0 Å². The van der Waals surface area contributed by atoms with E-state index >= 15 is 0 Å². The zero-order chi connectivity index (χ0) is 21.5. The number of carbonyl (C=O) groups is 2. The van der Waals surface area contributed by atoms with Gasteiger partial charge in [0.2, 0.25) is 5.91 Å². The number of hydrogen-bond donors (Lipinski definition) is 3. The summed E-state index contributed by atoms with van der Waals surface area (Å²) < 4.78 is 0. The van der Waals surface area contributed by atoms with Gasteiger partial charge in [-0.2, -0.15) is 0 Å². The monoisotopic (exact) mass is 430 g/mol. The van der Waals surface area contributed by atoms with Gasteiger partial charge in [0, 0.05) is 46.3 Å². The van der Waals surface area contributed by atoms with Gasteiger partial charge in [-0.05, 0) is 70.6 Å². The molecule has 2 bridgehead atoms. The molecule has 2 atom stereocenters. The van der Waals surface area contributed by atoms with Crippen LogP contribution in [0.2, 0.25) is 5.02 Å². The topological polar surface area (TPSA) is 77.2 Å². The molecule has 2 fully saturated rings. The van der Waals surface area contributed by atoms with Gasteiger partial charge in [0.25, 0.3) is 5.91 Å². The summed E-state index contributed by atoms with van der Waals surface area (Å²) in [5.74, 6) is 0.481. The smallest absolute Gasteiger partial charge is 0.253 e. The van der Waals surface area contributed by atoms with Gasteiger partial charge in [-0.1, -0.05) is 11.6 Å². The van der Waals surface area contributed by atoms with Crippen molar-refractivity contribution in [1.29, 1.82) is 0 Å². The molecule has 2 amide bonds. The minimum absolute atomic E-state index is 0.0668. The van der Waals surface area contributed by atoms with Crippen LogP contribution in [0.4, 0.5) is 0 Å². The van der Waals surface area contributed by atoms with Crippen LogP contribution in [0.3, 0.4) is 0 Å². The highest BCUT2D eigenvalue weighted by Gasteiger charge is 2.41. The summed E-state index contributed by atoms with van der Waals surface area (Å²) in [6, 6.07) is 6.39. The molecular formula is C23H31ClN4O2. The number of hydrogen-bond acceptors (Lipinski definition) is 3. The largest absolute Gasteiger partial charge is 0.360 e. The fraction of sp³-hybridized carbons (Fsp3) is 0.565. The first-order chi connectivity index (χ1) is 14.2. The second-order valence-corrected chi connectivity index (χ2v) is 10.2. The molecule has 7 heteroatoms. The van der Waals surface area contributed by atoms with E-state index in [4.69, 9.17) is 11.6 Å². The third kappa shape index (κ3) is 4.65. The first-order valence-electron chi connectivity index (χ1n) is 10.8. The maximum atomic E-state index is 12.8. The second-order valence-electron chi connectivity index (χ2n) is 9.80. The van der Waals surface area contributed by atoms with Gasteiger partial charge in [-0.15, -0.1) is 0 Å². The quantitative estimate of drug-likeness (QED) is 0.676. The van der Waals surface area contributed by atoms with Crippen LogP contribution >= 0.6 is 11.6 Å². The minimum Gasteiger partial charge on any atom is -0.360 e. The highest BCUT2D eigenvalue weighted by Crippen LogP contribution is 2.38. The van der Waals surface area contributed by atoms with Crippen LogP contribution in [0.15, 0.2) is 24.4 Å². The van der Waals surface area contributed by atoms with Gasteiger partial charge in [-0.3, -0.25) is 14.5 Å². The average molecular weight is 431 g/mol. The molecule has 0 radical (unpaired) electrons. The summed E-state index contributed by atoms with van der Waals surface area (Å²) in [6.45, 7) is 7.17. The number of halogens is 1. The molecule has 2 aromatic rings. The number of carbonyl (C=O) groups excluding carboxylic acids is 2. The fourth-order valence-corrected chi connectivity index (χ4v) is 5.22. The second kappa shape index (κ2) is 8.23. The van der Waals surface area contributed by atoms with E-state index in [1.165, 1.54) is 0 Å². The number of fused-ring (bicyclic) bond motifs is 3. The van der Waals surface area contributed by atoms with Gasteiger partial charge >= 0.3 is 0 Å². The van der Waals surface area contributed by atoms with Crippen molar-refractivity contribution < 1.29 is 9.59 Å².